The summed E-state index contributed by atoms with van der Waals surface area (Å²) in [6.45, 7) is 1.20. The fourth-order valence-electron chi connectivity index (χ4n) is 3.35. The van der Waals surface area contributed by atoms with Crippen LogP contribution in [0.2, 0.25) is 0 Å². The zero-order chi connectivity index (χ0) is 21.1. The maximum Gasteiger partial charge on any atom is 0.340 e. The van der Waals surface area contributed by atoms with Gasteiger partial charge in [0, 0.05) is 45.4 Å². The van der Waals surface area contributed by atoms with Crippen LogP contribution in [0.4, 0.5) is 11.4 Å². The molecule has 29 heavy (non-hydrogen) atoms. The van der Waals surface area contributed by atoms with Gasteiger partial charge in [-0.3, -0.25) is 24.0 Å². The number of piperidine rings is 1. The third kappa shape index (κ3) is 4.20. The first kappa shape index (κ1) is 20.3. The third-order valence-electron chi connectivity index (χ3n) is 5.08. The Labute approximate surface area is 166 Å². The predicted molar refractivity (Wildman–Crippen MR) is 105 cm³/mol. The van der Waals surface area contributed by atoms with E-state index in [1.165, 1.54) is 36.9 Å². The standard InChI is InChI=1S/C19H22N4O6/c1-20-14(11-17(24)21(2)19(20)26)12-29-18(25)15-10-13(23(27)28)6-7-16(15)22-8-4-3-5-9-22/h6-7,10-11H,3-5,8-9,12H2,1-2H3. The molecule has 0 spiro atoms. The molecule has 0 amide bonds. The van der Waals surface area contributed by atoms with Crippen LogP contribution in [0.15, 0.2) is 33.9 Å². The van der Waals surface area contributed by atoms with Gasteiger partial charge < -0.3 is 9.64 Å². The molecule has 1 aromatic heterocycles. The van der Waals surface area contributed by atoms with Gasteiger partial charge in [0.2, 0.25) is 0 Å². The fraction of sp³-hybridized carbons (Fsp3) is 0.421. The second-order valence-electron chi connectivity index (χ2n) is 6.96. The lowest BCUT2D eigenvalue weighted by atomic mass is 10.1. The van der Waals surface area contributed by atoms with E-state index in [-0.39, 0.29) is 23.6 Å². The predicted octanol–water partition coefficient (Wildman–Crippen LogP) is 1.34. The summed E-state index contributed by atoms with van der Waals surface area (Å²) in [7, 11) is 2.83. The van der Waals surface area contributed by atoms with Crippen molar-refractivity contribution in [3.05, 3.63) is 66.5 Å². The number of hydrogen-bond donors (Lipinski definition) is 0. The summed E-state index contributed by atoms with van der Waals surface area (Å²) in [4.78, 5) is 49.2. The molecule has 0 saturated carbocycles. The maximum atomic E-state index is 12.8. The number of nitro groups is 1. The summed E-state index contributed by atoms with van der Waals surface area (Å²) in [5.74, 6) is -0.748. The average molecular weight is 402 g/mol. The van der Waals surface area contributed by atoms with Crippen molar-refractivity contribution >= 4 is 17.3 Å². The van der Waals surface area contributed by atoms with Crippen molar-refractivity contribution in [3.63, 3.8) is 0 Å². The first-order valence-electron chi connectivity index (χ1n) is 9.26. The first-order valence-corrected chi connectivity index (χ1v) is 9.26. The molecule has 1 aromatic carbocycles. The van der Waals surface area contributed by atoms with Gasteiger partial charge in [-0.2, -0.15) is 0 Å². The molecule has 2 aromatic rings. The van der Waals surface area contributed by atoms with Crippen LogP contribution in [0.3, 0.4) is 0 Å². The number of benzene rings is 1. The van der Waals surface area contributed by atoms with E-state index in [0.717, 1.165) is 36.9 Å². The Bertz CT molecular complexity index is 1070. The lowest BCUT2D eigenvalue weighted by molar-refractivity contribution is -0.384. The van der Waals surface area contributed by atoms with Gasteiger partial charge in [-0.1, -0.05) is 0 Å². The molecule has 154 valence electrons. The molecule has 0 bridgehead atoms. The molecule has 10 nitrogen and oxygen atoms in total. The van der Waals surface area contributed by atoms with Gasteiger partial charge in [-0.15, -0.1) is 0 Å². The number of carbonyl (C=O) groups is 1. The van der Waals surface area contributed by atoms with Crippen LogP contribution >= 0.6 is 0 Å². The van der Waals surface area contributed by atoms with Crippen LogP contribution in [-0.4, -0.2) is 33.1 Å². The molecule has 1 aliphatic rings. The van der Waals surface area contributed by atoms with E-state index in [1.54, 1.807) is 6.07 Å². The smallest absolute Gasteiger partial charge is 0.340 e. The Morgan fingerprint density at radius 2 is 1.79 bits per heavy atom. The lowest BCUT2D eigenvalue weighted by Crippen LogP contribution is -2.38. The van der Waals surface area contributed by atoms with Crippen LogP contribution in [0.1, 0.15) is 35.3 Å². The molecule has 0 N–H and O–H groups in total. The Balaban J connectivity index is 1.90. The quantitative estimate of drug-likeness (QED) is 0.421. The highest BCUT2D eigenvalue weighted by Gasteiger charge is 2.23. The second kappa shape index (κ2) is 8.29. The highest BCUT2D eigenvalue weighted by molar-refractivity contribution is 5.96. The molecule has 1 aliphatic heterocycles. The maximum absolute atomic E-state index is 12.8. The number of hydrogen-bond acceptors (Lipinski definition) is 7. The Kier molecular flexibility index (Phi) is 5.81. The van der Waals surface area contributed by atoms with Gasteiger partial charge in [0.15, 0.2) is 0 Å². The van der Waals surface area contributed by atoms with Gasteiger partial charge in [-0.25, -0.2) is 9.59 Å². The number of nitro benzene ring substituents is 1. The Morgan fingerprint density at radius 3 is 2.45 bits per heavy atom. The van der Waals surface area contributed by atoms with Crippen molar-refractivity contribution in [2.24, 2.45) is 14.1 Å². The monoisotopic (exact) mass is 402 g/mol. The van der Waals surface area contributed by atoms with E-state index in [2.05, 4.69) is 0 Å². The van der Waals surface area contributed by atoms with Crippen LogP contribution in [0, 0.1) is 10.1 Å². The number of rotatable bonds is 5. The number of nitrogens with zero attached hydrogens (tertiary/aromatic N) is 4. The summed E-state index contributed by atoms with van der Waals surface area (Å²) in [6.07, 6.45) is 3.04. The third-order valence-corrected chi connectivity index (χ3v) is 5.08. The van der Waals surface area contributed by atoms with Gasteiger partial charge in [-0.05, 0) is 25.3 Å². The van der Waals surface area contributed by atoms with Crippen molar-refractivity contribution in [1.29, 1.82) is 0 Å². The fourth-order valence-corrected chi connectivity index (χ4v) is 3.35. The largest absolute Gasteiger partial charge is 0.456 e. The zero-order valence-corrected chi connectivity index (χ0v) is 16.3. The van der Waals surface area contributed by atoms with Crippen molar-refractivity contribution in [3.8, 4) is 0 Å². The molecule has 0 unspecified atom stereocenters. The van der Waals surface area contributed by atoms with Gasteiger partial charge in [0.05, 0.1) is 21.9 Å². The van der Waals surface area contributed by atoms with Gasteiger partial charge >= 0.3 is 11.7 Å². The number of aromatic nitrogens is 2. The minimum Gasteiger partial charge on any atom is -0.456 e. The highest BCUT2D eigenvalue weighted by Crippen LogP contribution is 2.28. The van der Waals surface area contributed by atoms with Crippen molar-refractivity contribution < 1.29 is 14.5 Å². The normalized spacial score (nSPS) is 13.9. The second-order valence-corrected chi connectivity index (χ2v) is 6.96. The summed E-state index contributed by atoms with van der Waals surface area (Å²) < 4.78 is 7.48. The van der Waals surface area contributed by atoms with E-state index in [0.29, 0.717) is 5.69 Å². The van der Waals surface area contributed by atoms with Crippen LogP contribution < -0.4 is 16.1 Å². The summed E-state index contributed by atoms with van der Waals surface area (Å²) in [6, 6.07) is 5.35. The Morgan fingerprint density at radius 1 is 1.10 bits per heavy atom. The molecule has 10 heteroatoms. The van der Waals surface area contributed by atoms with E-state index < -0.39 is 22.1 Å². The molecule has 0 atom stereocenters. The summed E-state index contributed by atoms with van der Waals surface area (Å²) >= 11 is 0. The lowest BCUT2D eigenvalue weighted by Gasteiger charge is -2.30. The number of carbonyl (C=O) groups excluding carboxylic acids is 1. The van der Waals surface area contributed by atoms with E-state index in [1.807, 2.05) is 4.90 Å². The minimum atomic E-state index is -0.748. The zero-order valence-electron chi connectivity index (χ0n) is 16.3. The number of ether oxygens (including phenoxy) is 1. The van der Waals surface area contributed by atoms with Crippen molar-refractivity contribution in [1.82, 2.24) is 9.13 Å². The number of non-ortho nitro benzene ring substituents is 1. The molecule has 0 radical (unpaired) electrons. The SMILES string of the molecule is Cn1c(COC(=O)c2cc([N+](=O)[O-])ccc2N2CCCCC2)cc(=O)n(C)c1=O. The number of esters is 1. The minimum absolute atomic E-state index is 0.0925. The van der Waals surface area contributed by atoms with Gasteiger partial charge in [0.25, 0.3) is 11.2 Å². The van der Waals surface area contributed by atoms with E-state index >= 15 is 0 Å². The first-order chi connectivity index (χ1) is 13.8. The number of anilines is 1. The summed E-state index contributed by atoms with van der Waals surface area (Å²) in [5, 5.41) is 11.2. The summed E-state index contributed by atoms with van der Waals surface area (Å²) in [5.41, 5.74) is -0.348. The van der Waals surface area contributed by atoms with E-state index in [4.69, 9.17) is 4.74 Å². The van der Waals surface area contributed by atoms with E-state index in [9.17, 15) is 24.5 Å². The van der Waals surface area contributed by atoms with Crippen LogP contribution in [-0.2, 0) is 25.4 Å². The van der Waals surface area contributed by atoms with Crippen molar-refractivity contribution in [2.75, 3.05) is 18.0 Å². The topological polar surface area (TPSA) is 117 Å². The molecular formula is C19H22N4O6. The van der Waals surface area contributed by atoms with Crippen molar-refractivity contribution in [2.45, 2.75) is 25.9 Å². The molecule has 2 heterocycles. The Hall–Kier alpha value is -3.43. The van der Waals surface area contributed by atoms with Crippen LogP contribution in [0.25, 0.3) is 0 Å². The average Bonchev–Trinajstić information content (AvgIpc) is 2.73. The molecule has 1 fully saturated rings. The molecule has 1 saturated heterocycles. The molecule has 3 rings (SSSR count). The van der Waals surface area contributed by atoms with Gasteiger partial charge in [0.1, 0.15) is 6.61 Å². The molecule has 0 aliphatic carbocycles. The molecular weight excluding hydrogens is 380 g/mol. The highest BCUT2D eigenvalue weighted by atomic mass is 16.6. The van der Waals surface area contributed by atoms with Crippen LogP contribution in [0.5, 0.6) is 0 Å².